The van der Waals surface area contributed by atoms with Gasteiger partial charge in [-0.1, -0.05) is 24.3 Å². The number of hydrogen-bond donors (Lipinski definition) is 2. The van der Waals surface area contributed by atoms with Crippen LogP contribution in [0.2, 0.25) is 0 Å². The summed E-state index contributed by atoms with van der Waals surface area (Å²) in [6, 6.07) is 9.27. The molecule has 2 aliphatic heterocycles. The van der Waals surface area contributed by atoms with E-state index in [1.165, 1.54) is 18.2 Å². The molecule has 1 spiro atoms. The first-order valence-electron chi connectivity index (χ1n) is 13.0. The second kappa shape index (κ2) is 8.68. The van der Waals surface area contributed by atoms with Crippen LogP contribution in [0.3, 0.4) is 0 Å². The van der Waals surface area contributed by atoms with E-state index in [2.05, 4.69) is 11.5 Å². The van der Waals surface area contributed by atoms with Gasteiger partial charge in [-0.05, 0) is 55.5 Å². The van der Waals surface area contributed by atoms with Crippen molar-refractivity contribution in [1.29, 1.82) is 0 Å². The molecule has 1 saturated heterocycles. The second-order valence-corrected chi connectivity index (χ2v) is 10.9. The lowest BCUT2D eigenvalue weighted by molar-refractivity contribution is -0.384. The topological polar surface area (TPSA) is 116 Å². The van der Waals surface area contributed by atoms with E-state index in [1.807, 2.05) is 12.1 Å². The van der Waals surface area contributed by atoms with Gasteiger partial charge in [-0.15, -0.1) is 6.58 Å². The molecule has 4 aliphatic rings. The van der Waals surface area contributed by atoms with Crippen LogP contribution in [-0.4, -0.2) is 74.8 Å². The number of carbonyl (C=O) groups excluding carboxylic acids is 1. The lowest BCUT2D eigenvalue weighted by Gasteiger charge is -2.64. The van der Waals surface area contributed by atoms with Gasteiger partial charge in [0.2, 0.25) is 5.91 Å². The van der Waals surface area contributed by atoms with Crippen LogP contribution in [0.5, 0.6) is 11.5 Å². The Morgan fingerprint density at radius 3 is 2.92 bits per heavy atom. The van der Waals surface area contributed by atoms with E-state index < -0.39 is 22.0 Å². The number of likely N-dealkylation sites (tertiary alicyclic amines) is 1. The number of phenols is 1. The SMILES string of the molecule is C=CCN1CC[C@]23c4c5ccc(O)c4OC2C(N(C)C(=O)/C=C/c2cccc([N+](=O)[O-])c2)CC[C@@]3(O)[C@H]1C5. The third-order valence-electron chi connectivity index (χ3n) is 9.25. The summed E-state index contributed by atoms with van der Waals surface area (Å²) in [7, 11) is 1.73. The molecule has 2 heterocycles. The predicted octanol–water partition coefficient (Wildman–Crippen LogP) is 3.18. The van der Waals surface area contributed by atoms with E-state index >= 15 is 0 Å². The van der Waals surface area contributed by atoms with Crippen LogP contribution in [0.4, 0.5) is 5.69 Å². The number of hydrogen-bond acceptors (Lipinski definition) is 7. The van der Waals surface area contributed by atoms with Crippen molar-refractivity contribution in [3.05, 3.63) is 81.9 Å². The van der Waals surface area contributed by atoms with Crippen molar-refractivity contribution in [1.82, 2.24) is 9.80 Å². The minimum atomic E-state index is -1.07. The number of nitro groups is 1. The maximum Gasteiger partial charge on any atom is 0.270 e. The number of phenolic OH excluding ortho intramolecular Hbond substituents is 1. The number of aliphatic hydroxyl groups is 1. The van der Waals surface area contributed by atoms with E-state index in [4.69, 9.17) is 4.74 Å². The molecule has 38 heavy (non-hydrogen) atoms. The van der Waals surface area contributed by atoms with Gasteiger partial charge >= 0.3 is 0 Å². The van der Waals surface area contributed by atoms with Crippen LogP contribution in [0.1, 0.15) is 36.0 Å². The zero-order valence-electron chi connectivity index (χ0n) is 21.2. The monoisotopic (exact) mass is 517 g/mol. The lowest BCUT2D eigenvalue weighted by Crippen LogP contribution is -2.78. The van der Waals surface area contributed by atoms with E-state index in [9.17, 15) is 25.1 Å². The summed E-state index contributed by atoms with van der Waals surface area (Å²) in [4.78, 5) is 27.9. The Labute approximate surface area is 220 Å². The fraction of sp³-hybridized carbons (Fsp3) is 0.414. The van der Waals surface area contributed by atoms with E-state index in [1.54, 1.807) is 36.2 Å². The summed E-state index contributed by atoms with van der Waals surface area (Å²) in [6.45, 7) is 5.34. The first-order chi connectivity index (χ1) is 18.2. The van der Waals surface area contributed by atoms with Gasteiger partial charge in [-0.25, -0.2) is 0 Å². The first-order valence-corrected chi connectivity index (χ1v) is 13.0. The molecule has 1 saturated carbocycles. The number of nitro benzene ring substituents is 1. The number of benzene rings is 2. The van der Waals surface area contributed by atoms with Gasteiger partial charge in [0.15, 0.2) is 11.5 Å². The summed E-state index contributed by atoms with van der Waals surface area (Å²) in [6.07, 6.45) is 6.68. The van der Waals surface area contributed by atoms with Crippen LogP contribution in [0.25, 0.3) is 6.08 Å². The molecule has 2 aliphatic carbocycles. The molecule has 5 atom stereocenters. The molecule has 2 unspecified atom stereocenters. The number of amides is 1. The van der Waals surface area contributed by atoms with Gasteiger partial charge in [-0.3, -0.25) is 19.8 Å². The minimum Gasteiger partial charge on any atom is -0.504 e. The maximum absolute atomic E-state index is 13.3. The fourth-order valence-corrected chi connectivity index (χ4v) is 7.58. The highest BCUT2D eigenvalue weighted by molar-refractivity contribution is 5.92. The largest absolute Gasteiger partial charge is 0.504 e. The molecule has 2 aromatic carbocycles. The van der Waals surface area contributed by atoms with Crippen molar-refractivity contribution in [2.45, 2.75) is 54.9 Å². The molecule has 2 bridgehead atoms. The van der Waals surface area contributed by atoms with Crippen molar-refractivity contribution in [2.75, 3.05) is 20.1 Å². The third-order valence-corrected chi connectivity index (χ3v) is 9.25. The average Bonchev–Trinajstić information content (AvgIpc) is 3.26. The number of likely N-dealkylation sites (N-methyl/N-ethyl adjacent to an activating group) is 1. The summed E-state index contributed by atoms with van der Waals surface area (Å²) in [5.74, 6) is 0.227. The standard InChI is InChI=1S/C29H31N3O6/c1-3-14-31-15-13-28-25-19-8-9-22(33)26(25)38-27(28)21(11-12-29(28,35)23(31)17-19)30(2)24(34)10-7-18-5-4-6-20(16-18)32(36)37/h3-10,16,21,23,27,33,35H,1,11-15,17H2,2H3/b10-7+/t21?,23-,27?,28+,29-/m1/s1. The highest BCUT2D eigenvalue weighted by atomic mass is 16.6. The molecule has 1 amide bonds. The van der Waals surface area contributed by atoms with Gasteiger partial charge in [0.05, 0.1) is 22.0 Å². The Morgan fingerprint density at radius 2 is 2.16 bits per heavy atom. The molecule has 0 radical (unpaired) electrons. The third kappa shape index (κ3) is 3.28. The lowest BCUT2D eigenvalue weighted by atomic mass is 9.48. The molecule has 2 fully saturated rings. The summed E-state index contributed by atoms with van der Waals surface area (Å²) in [5.41, 5.74) is 0.686. The number of aromatic hydroxyl groups is 1. The normalized spacial score (nSPS) is 30.9. The summed E-state index contributed by atoms with van der Waals surface area (Å²) < 4.78 is 6.52. The Bertz CT molecular complexity index is 1370. The number of ether oxygens (including phenoxy) is 1. The predicted molar refractivity (Wildman–Crippen MR) is 141 cm³/mol. The van der Waals surface area contributed by atoms with Crippen LogP contribution >= 0.6 is 0 Å². The second-order valence-electron chi connectivity index (χ2n) is 10.9. The molecule has 9 heteroatoms. The Hall–Kier alpha value is -3.69. The van der Waals surface area contributed by atoms with Crippen LogP contribution in [0.15, 0.2) is 55.1 Å². The molecule has 6 rings (SSSR count). The van der Waals surface area contributed by atoms with Crippen LogP contribution in [-0.2, 0) is 16.6 Å². The number of non-ortho nitro benzene ring substituents is 1. The first kappa shape index (κ1) is 24.6. The van der Waals surface area contributed by atoms with Crippen molar-refractivity contribution in [3.63, 3.8) is 0 Å². The quantitative estimate of drug-likeness (QED) is 0.262. The zero-order valence-corrected chi connectivity index (χ0v) is 21.2. The fourth-order valence-electron chi connectivity index (χ4n) is 7.58. The number of carbonyl (C=O) groups is 1. The van der Waals surface area contributed by atoms with Crippen molar-refractivity contribution >= 4 is 17.7 Å². The average molecular weight is 518 g/mol. The van der Waals surface area contributed by atoms with Gasteiger partial charge in [0.25, 0.3) is 5.69 Å². The number of nitrogens with zero attached hydrogens (tertiary/aromatic N) is 3. The van der Waals surface area contributed by atoms with Gasteiger partial charge in [0, 0.05) is 43.4 Å². The van der Waals surface area contributed by atoms with Crippen molar-refractivity contribution < 1.29 is 24.7 Å². The maximum atomic E-state index is 13.3. The number of rotatable bonds is 6. The molecular weight excluding hydrogens is 486 g/mol. The Balaban J connectivity index is 1.35. The van der Waals surface area contributed by atoms with E-state index in [0.717, 1.165) is 17.7 Å². The van der Waals surface area contributed by atoms with Gasteiger partial charge < -0.3 is 19.8 Å². The van der Waals surface area contributed by atoms with E-state index in [-0.39, 0.29) is 29.4 Å². The zero-order chi connectivity index (χ0) is 26.8. The number of piperidine rings is 1. The van der Waals surface area contributed by atoms with E-state index in [0.29, 0.717) is 43.5 Å². The van der Waals surface area contributed by atoms with Crippen LogP contribution in [0, 0.1) is 10.1 Å². The smallest absolute Gasteiger partial charge is 0.270 e. The Kier molecular flexibility index (Phi) is 5.62. The highest BCUT2D eigenvalue weighted by Crippen LogP contribution is 2.65. The van der Waals surface area contributed by atoms with Crippen LogP contribution < -0.4 is 4.74 Å². The summed E-state index contributed by atoms with van der Waals surface area (Å²) >= 11 is 0. The molecule has 0 aromatic heterocycles. The minimum absolute atomic E-state index is 0.0407. The molecule has 198 valence electrons. The molecule has 2 aromatic rings. The molecule has 2 N–H and O–H groups in total. The van der Waals surface area contributed by atoms with Crippen molar-refractivity contribution in [3.8, 4) is 11.5 Å². The molecule has 9 nitrogen and oxygen atoms in total. The Morgan fingerprint density at radius 1 is 1.34 bits per heavy atom. The van der Waals surface area contributed by atoms with Crippen molar-refractivity contribution in [2.24, 2.45) is 0 Å². The molecular formula is C29H31N3O6. The van der Waals surface area contributed by atoms with Gasteiger partial charge in [-0.2, -0.15) is 0 Å². The highest BCUT2D eigenvalue weighted by Gasteiger charge is 2.73. The van der Waals surface area contributed by atoms with Gasteiger partial charge in [0.1, 0.15) is 6.10 Å². The summed E-state index contributed by atoms with van der Waals surface area (Å²) in [5, 5.41) is 34.3.